The van der Waals surface area contributed by atoms with Gasteiger partial charge in [-0.05, 0) is 51.6 Å². The van der Waals surface area contributed by atoms with Gasteiger partial charge in [0.25, 0.3) is 11.6 Å². The third-order valence-corrected chi connectivity index (χ3v) is 4.35. The fraction of sp³-hybridized carbons (Fsp3) is 0. The van der Waals surface area contributed by atoms with E-state index >= 15 is 0 Å². The normalized spacial score (nSPS) is 10.5. The Hall–Kier alpha value is -2.48. The van der Waals surface area contributed by atoms with E-state index in [-0.39, 0.29) is 17.2 Å². The Morgan fingerprint density at radius 3 is 2.48 bits per heavy atom. The molecular formula is C17H11IN2O3. The van der Waals surface area contributed by atoms with Gasteiger partial charge in [0, 0.05) is 21.4 Å². The first-order valence-electron chi connectivity index (χ1n) is 6.79. The van der Waals surface area contributed by atoms with Crippen LogP contribution in [0.2, 0.25) is 0 Å². The van der Waals surface area contributed by atoms with Gasteiger partial charge in [0.1, 0.15) is 0 Å². The minimum Gasteiger partial charge on any atom is -0.322 e. The van der Waals surface area contributed by atoms with Gasteiger partial charge in [-0.1, -0.05) is 30.3 Å². The van der Waals surface area contributed by atoms with Crippen LogP contribution in [0.25, 0.3) is 10.8 Å². The lowest BCUT2D eigenvalue weighted by atomic mass is 10.1. The average molecular weight is 418 g/mol. The maximum atomic E-state index is 12.4. The van der Waals surface area contributed by atoms with E-state index in [0.717, 1.165) is 10.8 Å². The number of nitrogens with one attached hydrogen (secondary N) is 1. The van der Waals surface area contributed by atoms with Gasteiger partial charge in [-0.3, -0.25) is 14.9 Å². The molecule has 1 N–H and O–H groups in total. The van der Waals surface area contributed by atoms with E-state index in [1.54, 1.807) is 6.07 Å². The Bertz CT molecular complexity index is 925. The van der Waals surface area contributed by atoms with E-state index in [4.69, 9.17) is 0 Å². The molecule has 3 rings (SSSR count). The molecule has 23 heavy (non-hydrogen) atoms. The van der Waals surface area contributed by atoms with E-state index < -0.39 is 4.92 Å². The number of nitro groups is 1. The van der Waals surface area contributed by atoms with Gasteiger partial charge in [0.2, 0.25) is 0 Å². The molecule has 0 unspecified atom stereocenters. The van der Waals surface area contributed by atoms with Crippen LogP contribution < -0.4 is 5.32 Å². The van der Waals surface area contributed by atoms with Gasteiger partial charge in [0.15, 0.2) is 0 Å². The standard InChI is InChI=1S/C17H11IN2O3/c18-16-8-7-14(20(22)23)10-15(16)17(21)19-13-6-5-11-3-1-2-4-12(11)9-13/h1-10H,(H,19,21). The molecule has 6 heteroatoms. The summed E-state index contributed by atoms with van der Waals surface area (Å²) in [5.74, 6) is -0.367. The first kappa shape index (κ1) is 15.4. The van der Waals surface area contributed by atoms with Crippen molar-refractivity contribution in [3.8, 4) is 0 Å². The first-order chi connectivity index (χ1) is 11.0. The smallest absolute Gasteiger partial charge is 0.270 e. The van der Waals surface area contributed by atoms with Crippen molar-refractivity contribution in [2.75, 3.05) is 5.32 Å². The Labute approximate surface area is 145 Å². The van der Waals surface area contributed by atoms with E-state index in [9.17, 15) is 14.9 Å². The zero-order valence-electron chi connectivity index (χ0n) is 11.8. The maximum Gasteiger partial charge on any atom is 0.270 e. The van der Waals surface area contributed by atoms with Crippen molar-refractivity contribution in [2.24, 2.45) is 0 Å². The summed E-state index contributed by atoms with van der Waals surface area (Å²) >= 11 is 1.99. The molecule has 0 heterocycles. The molecule has 0 aliphatic heterocycles. The number of rotatable bonds is 3. The lowest BCUT2D eigenvalue weighted by molar-refractivity contribution is -0.384. The SMILES string of the molecule is O=C(Nc1ccc2ccccc2c1)c1cc([N+](=O)[O-])ccc1I. The second-order valence-corrected chi connectivity index (χ2v) is 6.10. The molecule has 0 aromatic heterocycles. The number of carbonyl (C=O) groups is 1. The van der Waals surface area contributed by atoms with Gasteiger partial charge in [-0.15, -0.1) is 0 Å². The Kier molecular flexibility index (Phi) is 4.24. The predicted molar refractivity (Wildman–Crippen MR) is 97.7 cm³/mol. The lowest BCUT2D eigenvalue weighted by Crippen LogP contribution is -2.13. The third kappa shape index (κ3) is 3.31. The molecule has 0 aliphatic rings. The van der Waals surface area contributed by atoms with Crippen LogP contribution in [-0.4, -0.2) is 10.8 Å². The van der Waals surface area contributed by atoms with Crippen LogP contribution in [0.15, 0.2) is 60.7 Å². The Morgan fingerprint density at radius 2 is 1.74 bits per heavy atom. The number of amides is 1. The molecule has 0 spiro atoms. The summed E-state index contributed by atoms with van der Waals surface area (Å²) in [6, 6.07) is 17.7. The molecular weight excluding hydrogens is 407 g/mol. The molecule has 1 amide bonds. The lowest BCUT2D eigenvalue weighted by Gasteiger charge is -2.08. The molecule has 114 valence electrons. The number of non-ortho nitro benzene ring substituents is 1. The summed E-state index contributed by atoms with van der Waals surface area (Å²) in [6.45, 7) is 0. The maximum absolute atomic E-state index is 12.4. The molecule has 5 nitrogen and oxygen atoms in total. The van der Waals surface area contributed by atoms with Gasteiger partial charge < -0.3 is 5.32 Å². The monoisotopic (exact) mass is 418 g/mol. The number of nitrogens with zero attached hydrogens (tertiary/aromatic N) is 1. The highest BCUT2D eigenvalue weighted by atomic mass is 127. The molecule has 0 bridgehead atoms. The zero-order valence-corrected chi connectivity index (χ0v) is 14.0. The summed E-state index contributed by atoms with van der Waals surface area (Å²) < 4.78 is 0.659. The molecule has 0 saturated heterocycles. The number of halogens is 1. The zero-order chi connectivity index (χ0) is 16.4. The van der Waals surface area contributed by atoms with Crippen molar-refractivity contribution in [2.45, 2.75) is 0 Å². The fourth-order valence-electron chi connectivity index (χ4n) is 2.27. The second-order valence-electron chi connectivity index (χ2n) is 4.94. The Morgan fingerprint density at radius 1 is 1.00 bits per heavy atom. The van der Waals surface area contributed by atoms with Crippen molar-refractivity contribution in [1.29, 1.82) is 0 Å². The molecule has 0 fully saturated rings. The minimum absolute atomic E-state index is 0.103. The molecule has 3 aromatic carbocycles. The number of carbonyl (C=O) groups excluding carboxylic acids is 1. The average Bonchev–Trinajstić information content (AvgIpc) is 2.54. The van der Waals surface area contributed by atoms with Crippen molar-refractivity contribution in [1.82, 2.24) is 0 Å². The van der Waals surface area contributed by atoms with Gasteiger partial charge in [-0.25, -0.2) is 0 Å². The van der Waals surface area contributed by atoms with Gasteiger partial charge >= 0.3 is 0 Å². The van der Waals surface area contributed by atoms with E-state index in [1.807, 2.05) is 65.1 Å². The highest BCUT2D eigenvalue weighted by Crippen LogP contribution is 2.23. The van der Waals surface area contributed by atoms with Crippen LogP contribution in [0.1, 0.15) is 10.4 Å². The number of nitro benzene ring substituents is 1. The molecule has 3 aromatic rings. The Balaban J connectivity index is 1.91. The van der Waals surface area contributed by atoms with E-state index in [1.165, 1.54) is 12.1 Å². The summed E-state index contributed by atoms with van der Waals surface area (Å²) in [6.07, 6.45) is 0. The number of anilines is 1. The fourth-order valence-corrected chi connectivity index (χ4v) is 2.85. The van der Waals surface area contributed by atoms with Crippen LogP contribution in [0.5, 0.6) is 0 Å². The third-order valence-electron chi connectivity index (χ3n) is 3.41. The van der Waals surface area contributed by atoms with Crippen LogP contribution in [0.4, 0.5) is 11.4 Å². The second kappa shape index (κ2) is 6.33. The molecule has 0 radical (unpaired) electrons. The minimum atomic E-state index is -0.511. The highest BCUT2D eigenvalue weighted by Gasteiger charge is 2.15. The van der Waals surface area contributed by atoms with E-state index in [2.05, 4.69) is 5.32 Å². The highest BCUT2D eigenvalue weighted by molar-refractivity contribution is 14.1. The van der Waals surface area contributed by atoms with Crippen molar-refractivity contribution in [3.63, 3.8) is 0 Å². The van der Waals surface area contributed by atoms with Crippen molar-refractivity contribution in [3.05, 3.63) is 79.9 Å². The number of benzene rings is 3. The van der Waals surface area contributed by atoms with Gasteiger partial charge in [-0.2, -0.15) is 0 Å². The van der Waals surface area contributed by atoms with Crippen molar-refractivity contribution < 1.29 is 9.72 Å². The summed E-state index contributed by atoms with van der Waals surface area (Å²) in [4.78, 5) is 22.8. The van der Waals surface area contributed by atoms with Crippen LogP contribution in [0.3, 0.4) is 0 Å². The number of fused-ring (bicyclic) bond motifs is 1. The van der Waals surface area contributed by atoms with Crippen LogP contribution in [-0.2, 0) is 0 Å². The van der Waals surface area contributed by atoms with Crippen LogP contribution >= 0.6 is 22.6 Å². The largest absolute Gasteiger partial charge is 0.322 e. The topological polar surface area (TPSA) is 72.2 Å². The summed E-state index contributed by atoms with van der Waals surface area (Å²) in [5.41, 5.74) is 0.832. The molecule has 0 aliphatic carbocycles. The van der Waals surface area contributed by atoms with Crippen LogP contribution in [0, 0.1) is 13.7 Å². The predicted octanol–water partition coefficient (Wildman–Crippen LogP) is 4.60. The van der Waals surface area contributed by atoms with Crippen molar-refractivity contribution >= 4 is 50.6 Å². The van der Waals surface area contributed by atoms with E-state index in [0.29, 0.717) is 9.26 Å². The molecule has 0 atom stereocenters. The molecule has 0 saturated carbocycles. The summed E-state index contributed by atoms with van der Waals surface area (Å²) in [5, 5.41) is 15.7. The number of hydrogen-bond donors (Lipinski definition) is 1. The quantitative estimate of drug-likeness (QED) is 0.384. The number of hydrogen-bond acceptors (Lipinski definition) is 3. The summed E-state index contributed by atoms with van der Waals surface area (Å²) in [7, 11) is 0. The van der Waals surface area contributed by atoms with Gasteiger partial charge in [0.05, 0.1) is 10.5 Å². The first-order valence-corrected chi connectivity index (χ1v) is 7.86.